The minimum atomic E-state index is -0.462. The lowest BCUT2D eigenvalue weighted by atomic mass is 10.0. The van der Waals surface area contributed by atoms with Gasteiger partial charge in [0.15, 0.2) is 0 Å². The Morgan fingerprint density at radius 1 is 1.47 bits per heavy atom. The van der Waals surface area contributed by atoms with E-state index in [4.69, 9.17) is 11.6 Å². The average Bonchev–Trinajstić information content (AvgIpc) is 2.31. The molecule has 0 spiro atoms. The van der Waals surface area contributed by atoms with Gasteiger partial charge in [0.25, 0.3) is 5.91 Å². The summed E-state index contributed by atoms with van der Waals surface area (Å²) in [6.45, 7) is 5.43. The summed E-state index contributed by atoms with van der Waals surface area (Å²) < 4.78 is 13.7. The topological polar surface area (TPSA) is 29.1 Å². The highest BCUT2D eigenvalue weighted by molar-refractivity contribution is 6.18. The van der Waals surface area contributed by atoms with E-state index in [9.17, 15) is 9.18 Å². The number of amides is 1. The second kappa shape index (κ2) is 6.01. The van der Waals surface area contributed by atoms with Crippen LogP contribution in [-0.4, -0.2) is 17.8 Å². The summed E-state index contributed by atoms with van der Waals surface area (Å²) in [5.41, 5.74) is 0.550. The van der Waals surface area contributed by atoms with Crippen LogP contribution in [0.3, 0.4) is 0 Å². The fourth-order valence-electron chi connectivity index (χ4n) is 1.38. The second-order valence-electron chi connectivity index (χ2n) is 4.33. The van der Waals surface area contributed by atoms with E-state index >= 15 is 0 Å². The van der Waals surface area contributed by atoms with Crippen LogP contribution in [0.5, 0.6) is 0 Å². The number of carbonyl (C=O) groups is 1. The summed E-state index contributed by atoms with van der Waals surface area (Å²) in [5.74, 6) is -0.252. The number of nitrogens with one attached hydrogen (secondary N) is 1. The van der Waals surface area contributed by atoms with Crippen LogP contribution >= 0.6 is 11.6 Å². The van der Waals surface area contributed by atoms with Crippen molar-refractivity contribution in [1.29, 1.82) is 0 Å². The Balaban J connectivity index is 2.80. The Morgan fingerprint density at radius 3 is 2.71 bits per heavy atom. The Bertz CT molecular complexity index is 408. The van der Waals surface area contributed by atoms with Gasteiger partial charge in [-0.2, -0.15) is 0 Å². The van der Waals surface area contributed by atoms with Gasteiger partial charge in [-0.05, 0) is 31.4 Å². The first kappa shape index (κ1) is 14.0. The average molecular weight is 258 g/mol. The van der Waals surface area contributed by atoms with E-state index in [2.05, 4.69) is 5.32 Å². The molecule has 0 aliphatic heterocycles. The third kappa shape index (κ3) is 3.43. The van der Waals surface area contributed by atoms with E-state index in [0.717, 1.165) is 0 Å². The molecule has 0 saturated carbocycles. The van der Waals surface area contributed by atoms with Crippen LogP contribution in [0.25, 0.3) is 0 Å². The van der Waals surface area contributed by atoms with Crippen molar-refractivity contribution in [1.82, 2.24) is 5.32 Å². The Hall–Kier alpha value is -1.09. The summed E-state index contributed by atoms with van der Waals surface area (Å²) in [4.78, 5) is 11.9. The lowest BCUT2D eigenvalue weighted by Crippen LogP contribution is -2.38. The molecule has 1 amide bonds. The molecule has 0 radical (unpaired) electrons. The lowest BCUT2D eigenvalue weighted by molar-refractivity contribution is 0.0926. The largest absolute Gasteiger partial charge is 0.349 e. The number of hydrogen-bond donors (Lipinski definition) is 1. The summed E-state index contributed by atoms with van der Waals surface area (Å²) in [7, 11) is 0. The van der Waals surface area contributed by atoms with Gasteiger partial charge in [0.2, 0.25) is 0 Å². The van der Waals surface area contributed by atoms with E-state index in [1.54, 1.807) is 19.1 Å². The fraction of sp³-hybridized carbons (Fsp3) is 0.462. The molecule has 0 bridgehead atoms. The molecule has 2 nitrogen and oxygen atoms in total. The third-order valence-electron chi connectivity index (χ3n) is 2.89. The van der Waals surface area contributed by atoms with Crippen molar-refractivity contribution < 1.29 is 9.18 Å². The van der Waals surface area contributed by atoms with Gasteiger partial charge in [0.1, 0.15) is 5.82 Å². The molecule has 0 saturated heterocycles. The molecule has 1 aromatic rings. The van der Waals surface area contributed by atoms with Crippen molar-refractivity contribution in [3.05, 3.63) is 35.1 Å². The van der Waals surface area contributed by atoms with Crippen molar-refractivity contribution in [3.63, 3.8) is 0 Å². The van der Waals surface area contributed by atoms with Crippen LogP contribution in [-0.2, 0) is 0 Å². The molecule has 0 aliphatic rings. The first-order chi connectivity index (χ1) is 7.97. The maximum absolute atomic E-state index is 13.7. The molecular formula is C13H17ClFNO. The molecule has 94 valence electrons. The van der Waals surface area contributed by atoms with Gasteiger partial charge in [0, 0.05) is 11.9 Å². The molecular weight excluding hydrogens is 241 g/mol. The molecule has 0 fully saturated rings. The molecule has 2 unspecified atom stereocenters. The summed E-state index contributed by atoms with van der Waals surface area (Å²) in [5, 5.41) is 2.75. The number of aryl methyl sites for hydroxylation is 1. The van der Waals surface area contributed by atoms with Crippen LogP contribution in [0.4, 0.5) is 4.39 Å². The number of halogens is 2. The van der Waals surface area contributed by atoms with Crippen molar-refractivity contribution in [2.45, 2.75) is 26.8 Å². The zero-order chi connectivity index (χ0) is 13.0. The zero-order valence-electron chi connectivity index (χ0n) is 10.3. The van der Waals surface area contributed by atoms with Crippen molar-refractivity contribution in [2.75, 3.05) is 5.88 Å². The van der Waals surface area contributed by atoms with Gasteiger partial charge in [-0.25, -0.2) is 4.39 Å². The predicted molar refractivity (Wildman–Crippen MR) is 67.9 cm³/mol. The number of hydrogen-bond acceptors (Lipinski definition) is 1. The SMILES string of the molecule is Cc1cccc(C(=O)NC(C)C(C)CCl)c1F. The minimum Gasteiger partial charge on any atom is -0.349 e. The molecule has 0 aliphatic carbocycles. The normalized spacial score (nSPS) is 14.2. The van der Waals surface area contributed by atoms with Crippen molar-refractivity contribution in [2.24, 2.45) is 5.92 Å². The van der Waals surface area contributed by atoms with E-state index in [-0.39, 0.29) is 17.5 Å². The smallest absolute Gasteiger partial charge is 0.254 e. The number of alkyl halides is 1. The monoisotopic (exact) mass is 257 g/mol. The van der Waals surface area contributed by atoms with Gasteiger partial charge in [0.05, 0.1) is 5.56 Å². The highest BCUT2D eigenvalue weighted by atomic mass is 35.5. The quantitative estimate of drug-likeness (QED) is 0.825. The lowest BCUT2D eigenvalue weighted by Gasteiger charge is -2.19. The molecule has 0 aromatic heterocycles. The molecule has 17 heavy (non-hydrogen) atoms. The van der Waals surface area contributed by atoms with Gasteiger partial charge in [-0.3, -0.25) is 4.79 Å². The maximum Gasteiger partial charge on any atom is 0.254 e. The standard InChI is InChI=1S/C13H17ClFNO/c1-8-5-4-6-11(12(8)15)13(17)16-10(3)9(2)7-14/h4-6,9-10H,7H2,1-3H3,(H,16,17). The van der Waals surface area contributed by atoms with Gasteiger partial charge in [-0.15, -0.1) is 11.6 Å². The van der Waals surface area contributed by atoms with Gasteiger partial charge >= 0.3 is 0 Å². The molecule has 2 atom stereocenters. The number of benzene rings is 1. The van der Waals surface area contributed by atoms with Crippen LogP contribution in [0.2, 0.25) is 0 Å². The Morgan fingerprint density at radius 2 is 2.12 bits per heavy atom. The van der Waals surface area contributed by atoms with Crippen LogP contribution in [0, 0.1) is 18.7 Å². The number of rotatable bonds is 4. The maximum atomic E-state index is 13.7. The first-order valence-electron chi connectivity index (χ1n) is 5.59. The first-order valence-corrected chi connectivity index (χ1v) is 6.12. The van der Waals surface area contributed by atoms with Gasteiger partial charge in [-0.1, -0.05) is 19.1 Å². The third-order valence-corrected chi connectivity index (χ3v) is 3.38. The van der Waals surface area contributed by atoms with E-state index < -0.39 is 11.7 Å². The Kier molecular flexibility index (Phi) is 4.94. The molecule has 0 heterocycles. The van der Waals surface area contributed by atoms with E-state index in [1.165, 1.54) is 6.07 Å². The molecule has 1 rings (SSSR count). The van der Waals surface area contributed by atoms with Crippen molar-refractivity contribution in [3.8, 4) is 0 Å². The fourth-order valence-corrected chi connectivity index (χ4v) is 1.65. The van der Waals surface area contributed by atoms with Crippen molar-refractivity contribution >= 4 is 17.5 Å². The highest BCUT2D eigenvalue weighted by Gasteiger charge is 2.18. The molecule has 1 aromatic carbocycles. The van der Waals surface area contributed by atoms with Crippen LogP contribution in [0.1, 0.15) is 29.8 Å². The number of carbonyl (C=O) groups excluding carboxylic acids is 1. The second-order valence-corrected chi connectivity index (χ2v) is 4.64. The highest BCUT2D eigenvalue weighted by Crippen LogP contribution is 2.13. The zero-order valence-corrected chi connectivity index (χ0v) is 11.0. The minimum absolute atomic E-state index is 0.0821. The Labute approximate surface area is 106 Å². The van der Waals surface area contributed by atoms with Gasteiger partial charge < -0.3 is 5.32 Å². The molecule has 1 N–H and O–H groups in total. The summed E-state index contributed by atoms with van der Waals surface area (Å²) >= 11 is 5.71. The van der Waals surface area contributed by atoms with Crippen LogP contribution < -0.4 is 5.32 Å². The van der Waals surface area contributed by atoms with E-state index in [0.29, 0.717) is 11.4 Å². The summed E-state index contributed by atoms with van der Waals surface area (Å²) in [6.07, 6.45) is 0. The molecule has 4 heteroatoms. The van der Waals surface area contributed by atoms with Crippen LogP contribution in [0.15, 0.2) is 18.2 Å². The predicted octanol–water partition coefficient (Wildman–Crippen LogP) is 3.13. The van der Waals surface area contributed by atoms with E-state index in [1.807, 2.05) is 13.8 Å². The summed E-state index contributed by atoms with van der Waals surface area (Å²) in [6, 6.07) is 4.70.